The molecule has 1 heterocycles. The average Bonchev–Trinajstić information content (AvgIpc) is 3.21. The highest BCUT2D eigenvalue weighted by molar-refractivity contribution is 5.92. The van der Waals surface area contributed by atoms with Crippen LogP contribution in [0.25, 0.3) is 0 Å². The summed E-state index contributed by atoms with van der Waals surface area (Å²) in [6.07, 6.45) is 1.26. The fourth-order valence-corrected chi connectivity index (χ4v) is 3.21. The first kappa shape index (κ1) is 25.2. The van der Waals surface area contributed by atoms with E-state index in [0.29, 0.717) is 11.8 Å². The van der Waals surface area contributed by atoms with Gasteiger partial charge in [0.1, 0.15) is 11.9 Å². The van der Waals surface area contributed by atoms with Gasteiger partial charge in [0, 0.05) is 43.4 Å². The Morgan fingerprint density at radius 1 is 1.12 bits per heavy atom. The number of hydrazone groups is 1. The molecule has 0 bridgehead atoms. The Balaban J connectivity index is 0.00000363. The van der Waals surface area contributed by atoms with Crippen molar-refractivity contribution in [2.45, 2.75) is 37.9 Å². The molecule has 2 amide bonds. The van der Waals surface area contributed by atoms with Crippen LogP contribution in [0.5, 0.6) is 0 Å². The van der Waals surface area contributed by atoms with E-state index in [2.05, 4.69) is 10.4 Å². The maximum absolute atomic E-state index is 13.8. The number of nitrogen functional groups attached to an aromatic ring is 1. The van der Waals surface area contributed by atoms with Crippen LogP contribution in [-0.2, 0) is 22.6 Å². The van der Waals surface area contributed by atoms with Crippen molar-refractivity contribution >= 4 is 36.1 Å². The zero-order valence-electron chi connectivity index (χ0n) is 16.9. The average molecular weight is 470 g/mol. The summed E-state index contributed by atoms with van der Waals surface area (Å²) in [6.45, 7) is 0.257. The SMILES string of the molecule is Cl.Nc1ccc(CNC(=O)C2CC=NN2C(=O)C[C@H](N)Cc2cc(F)c(F)cc2F)cc1. The number of nitrogens with two attached hydrogens (primary N) is 2. The van der Waals surface area contributed by atoms with E-state index >= 15 is 0 Å². The lowest BCUT2D eigenvalue weighted by atomic mass is 10.0. The van der Waals surface area contributed by atoms with Crippen LogP contribution >= 0.6 is 12.4 Å². The van der Waals surface area contributed by atoms with Gasteiger partial charge in [-0.05, 0) is 35.7 Å². The van der Waals surface area contributed by atoms with Crippen LogP contribution < -0.4 is 16.8 Å². The van der Waals surface area contributed by atoms with Gasteiger partial charge < -0.3 is 16.8 Å². The molecule has 0 spiro atoms. The predicted octanol–water partition coefficient (Wildman–Crippen LogP) is 2.27. The molecule has 2 atom stereocenters. The molecule has 2 aromatic carbocycles. The molecule has 0 aromatic heterocycles. The minimum atomic E-state index is -1.30. The number of carbonyl (C=O) groups is 2. The monoisotopic (exact) mass is 469 g/mol. The Kier molecular flexibility index (Phi) is 8.62. The number of benzene rings is 2. The number of hydrogen-bond donors (Lipinski definition) is 3. The number of rotatable bonds is 7. The van der Waals surface area contributed by atoms with Crippen LogP contribution in [0.3, 0.4) is 0 Å². The zero-order chi connectivity index (χ0) is 22.5. The molecule has 0 saturated carbocycles. The van der Waals surface area contributed by atoms with Crippen LogP contribution in [0.2, 0.25) is 0 Å². The van der Waals surface area contributed by atoms with Crippen LogP contribution in [-0.4, -0.2) is 35.1 Å². The minimum absolute atomic E-state index is 0. The van der Waals surface area contributed by atoms with Crippen molar-refractivity contribution in [3.05, 3.63) is 65.0 Å². The zero-order valence-corrected chi connectivity index (χ0v) is 17.7. The van der Waals surface area contributed by atoms with E-state index in [1.165, 1.54) is 6.21 Å². The second-order valence-electron chi connectivity index (χ2n) is 7.27. The van der Waals surface area contributed by atoms with E-state index < -0.39 is 35.4 Å². The highest BCUT2D eigenvalue weighted by Gasteiger charge is 2.33. The lowest BCUT2D eigenvalue weighted by Gasteiger charge is -2.23. The normalized spacial score (nSPS) is 15.9. The number of nitrogens with one attached hydrogen (secondary N) is 1. The number of hydrogen-bond acceptors (Lipinski definition) is 5. The maximum Gasteiger partial charge on any atom is 0.245 e. The van der Waals surface area contributed by atoms with Crippen molar-refractivity contribution in [2.24, 2.45) is 10.8 Å². The highest BCUT2D eigenvalue weighted by Crippen LogP contribution is 2.18. The first-order chi connectivity index (χ1) is 14.7. The Labute approximate surface area is 189 Å². The van der Waals surface area contributed by atoms with Crippen molar-refractivity contribution in [2.75, 3.05) is 5.73 Å². The largest absolute Gasteiger partial charge is 0.399 e. The van der Waals surface area contributed by atoms with Crippen molar-refractivity contribution in [3.63, 3.8) is 0 Å². The number of carbonyl (C=O) groups excluding carboxylic acids is 2. The fourth-order valence-electron chi connectivity index (χ4n) is 3.21. The summed E-state index contributed by atoms with van der Waals surface area (Å²) >= 11 is 0. The minimum Gasteiger partial charge on any atom is -0.399 e. The molecule has 7 nitrogen and oxygen atoms in total. The standard InChI is InChI=1S/C21H22F3N5O2.ClH/c22-16-10-18(24)17(23)8-13(16)7-15(26)9-20(30)29-19(5-6-28-29)21(31)27-11-12-1-3-14(25)4-2-12;/h1-4,6,8,10,15,19H,5,7,9,11,25-26H2,(H,27,31);1H/t15-,19?;/m1./s1. The molecular formula is C21H23ClF3N5O2. The molecule has 1 unspecified atom stereocenters. The van der Waals surface area contributed by atoms with Gasteiger partial charge >= 0.3 is 0 Å². The van der Waals surface area contributed by atoms with Gasteiger partial charge in [-0.2, -0.15) is 5.10 Å². The smallest absolute Gasteiger partial charge is 0.245 e. The summed E-state index contributed by atoms with van der Waals surface area (Å²) in [5, 5.41) is 7.74. The van der Waals surface area contributed by atoms with Crippen LogP contribution in [0.1, 0.15) is 24.0 Å². The third-order valence-electron chi connectivity index (χ3n) is 4.84. The number of halogens is 4. The summed E-state index contributed by atoms with van der Waals surface area (Å²) < 4.78 is 40.2. The molecule has 0 fully saturated rings. The summed E-state index contributed by atoms with van der Waals surface area (Å²) in [4.78, 5) is 25.1. The molecule has 5 N–H and O–H groups in total. The topological polar surface area (TPSA) is 114 Å². The molecule has 32 heavy (non-hydrogen) atoms. The van der Waals surface area contributed by atoms with Crippen molar-refractivity contribution in [1.82, 2.24) is 10.3 Å². The lowest BCUT2D eigenvalue weighted by Crippen LogP contribution is -2.46. The Morgan fingerprint density at radius 3 is 2.47 bits per heavy atom. The van der Waals surface area contributed by atoms with E-state index in [4.69, 9.17) is 11.5 Å². The van der Waals surface area contributed by atoms with E-state index in [-0.39, 0.29) is 49.7 Å². The van der Waals surface area contributed by atoms with Gasteiger partial charge in [0.05, 0.1) is 0 Å². The molecule has 0 saturated heterocycles. The molecule has 3 rings (SSSR count). The predicted molar refractivity (Wildman–Crippen MR) is 116 cm³/mol. The van der Waals surface area contributed by atoms with Gasteiger partial charge in [0.2, 0.25) is 11.8 Å². The molecule has 2 aromatic rings. The third kappa shape index (κ3) is 6.21. The molecule has 11 heteroatoms. The van der Waals surface area contributed by atoms with Gasteiger partial charge in [-0.3, -0.25) is 9.59 Å². The third-order valence-corrected chi connectivity index (χ3v) is 4.84. The first-order valence-corrected chi connectivity index (χ1v) is 9.60. The molecule has 0 radical (unpaired) electrons. The molecule has 0 aliphatic carbocycles. The van der Waals surface area contributed by atoms with Gasteiger partial charge in [0.15, 0.2) is 11.6 Å². The van der Waals surface area contributed by atoms with Gasteiger partial charge in [-0.15, -0.1) is 12.4 Å². The van der Waals surface area contributed by atoms with Crippen LogP contribution in [0, 0.1) is 17.5 Å². The first-order valence-electron chi connectivity index (χ1n) is 9.60. The number of anilines is 1. The Morgan fingerprint density at radius 2 is 1.78 bits per heavy atom. The van der Waals surface area contributed by atoms with E-state index in [0.717, 1.165) is 16.6 Å². The van der Waals surface area contributed by atoms with E-state index in [1.807, 2.05) is 0 Å². The highest BCUT2D eigenvalue weighted by atomic mass is 35.5. The summed E-state index contributed by atoms with van der Waals surface area (Å²) in [6, 6.07) is 6.44. The molecular weight excluding hydrogens is 447 g/mol. The van der Waals surface area contributed by atoms with Crippen molar-refractivity contribution < 1.29 is 22.8 Å². The number of nitrogens with zero attached hydrogens (tertiary/aromatic N) is 2. The van der Waals surface area contributed by atoms with Gasteiger partial charge in [-0.1, -0.05) is 12.1 Å². The summed E-state index contributed by atoms with van der Waals surface area (Å²) in [5.41, 5.74) is 12.8. The van der Waals surface area contributed by atoms with Crippen molar-refractivity contribution in [3.8, 4) is 0 Å². The molecule has 172 valence electrons. The van der Waals surface area contributed by atoms with Crippen molar-refractivity contribution in [1.29, 1.82) is 0 Å². The molecule has 1 aliphatic rings. The number of amides is 2. The fraction of sp³-hybridized carbons (Fsp3) is 0.286. The van der Waals surface area contributed by atoms with E-state index in [9.17, 15) is 22.8 Å². The lowest BCUT2D eigenvalue weighted by molar-refractivity contribution is -0.139. The second-order valence-corrected chi connectivity index (χ2v) is 7.27. The quantitative estimate of drug-likeness (QED) is 0.426. The second kappa shape index (κ2) is 11.0. The van der Waals surface area contributed by atoms with E-state index in [1.54, 1.807) is 24.3 Å². The summed E-state index contributed by atoms with van der Waals surface area (Å²) in [7, 11) is 0. The van der Waals surface area contributed by atoms with Crippen LogP contribution in [0.15, 0.2) is 41.5 Å². The molecule has 1 aliphatic heterocycles. The van der Waals surface area contributed by atoms with Gasteiger partial charge in [0.25, 0.3) is 0 Å². The maximum atomic E-state index is 13.8. The Hall–Kier alpha value is -3.11. The Bertz CT molecular complexity index is 1000. The van der Waals surface area contributed by atoms with Crippen LogP contribution in [0.4, 0.5) is 18.9 Å². The van der Waals surface area contributed by atoms with Gasteiger partial charge in [-0.25, -0.2) is 18.2 Å². The summed E-state index contributed by atoms with van der Waals surface area (Å²) in [5.74, 6) is -4.36.